The number of hydrogen-bond donors (Lipinski definition) is 1. The van der Waals surface area contributed by atoms with Gasteiger partial charge in [0.1, 0.15) is 5.65 Å². The molecule has 0 radical (unpaired) electrons. The molecule has 0 unspecified atom stereocenters. The predicted molar refractivity (Wildman–Crippen MR) is 124 cm³/mol. The highest BCUT2D eigenvalue weighted by Crippen LogP contribution is 2.20. The Labute approximate surface area is 191 Å². The van der Waals surface area contributed by atoms with Crippen LogP contribution in [-0.2, 0) is 6.54 Å². The highest BCUT2D eigenvalue weighted by molar-refractivity contribution is 6.04. The zero-order chi connectivity index (χ0) is 22.8. The molecule has 1 saturated heterocycles. The third-order valence-corrected chi connectivity index (χ3v) is 5.94. The lowest BCUT2D eigenvalue weighted by molar-refractivity contribution is 0.0627. The van der Waals surface area contributed by atoms with Gasteiger partial charge in [0.2, 0.25) is 0 Å². The molecule has 0 saturated carbocycles. The van der Waals surface area contributed by atoms with Gasteiger partial charge in [-0.05, 0) is 48.9 Å². The van der Waals surface area contributed by atoms with Gasteiger partial charge in [-0.3, -0.25) is 14.5 Å². The molecule has 33 heavy (non-hydrogen) atoms. The van der Waals surface area contributed by atoms with Crippen molar-refractivity contribution in [3.8, 4) is 0 Å². The molecule has 1 aromatic carbocycles. The molecule has 2 amide bonds. The van der Waals surface area contributed by atoms with Crippen molar-refractivity contribution in [2.45, 2.75) is 13.5 Å². The Morgan fingerprint density at radius 3 is 2.67 bits per heavy atom. The fourth-order valence-electron chi connectivity index (χ4n) is 4.07. The first-order valence-electron chi connectivity index (χ1n) is 11.0. The molecule has 8 nitrogen and oxygen atoms in total. The van der Waals surface area contributed by atoms with Crippen LogP contribution in [0, 0.1) is 6.92 Å². The highest BCUT2D eigenvalue weighted by Gasteiger charge is 2.23. The lowest BCUT2D eigenvalue weighted by Crippen LogP contribution is -2.48. The predicted octanol–water partition coefficient (Wildman–Crippen LogP) is 3.45. The Morgan fingerprint density at radius 2 is 1.91 bits per heavy atom. The van der Waals surface area contributed by atoms with Crippen LogP contribution in [0.1, 0.15) is 32.2 Å². The molecule has 1 N–H and O–H groups in total. The van der Waals surface area contributed by atoms with Crippen LogP contribution in [0.5, 0.6) is 0 Å². The normalized spacial score (nSPS) is 14.5. The van der Waals surface area contributed by atoms with Crippen molar-refractivity contribution in [2.75, 3.05) is 31.5 Å². The summed E-state index contributed by atoms with van der Waals surface area (Å²) in [5.74, 6) is -0.142. The van der Waals surface area contributed by atoms with Crippen LogP contribution in [0.3, 0.4) is 0 Å². The minimum absolute atomic E-state index is 0.0316. The molecule has 1 aliphatic rings. The average Bonchev–Trinajstić information content (AvgIpc) is 3.50. The fourth-order valence-corrected chi connectivity index (χ4v) is 4.07. The van der Waals surface area contributed by atoms with Crippen molar-refractivity contribution < 1.29 is 14.0 Å². The number of nitrogens with zero attached hydrogens (tertiary/aromatic N) is 4. The first kappa shape index (κ1) is 21.0. The molecule has 0 bridgehead atoms. The second kappa shape index (κ2) is 8.91. The van der Waals surface area contributed by atoms with E-state index in [-0.39, 0.29) is 17.6 Å². The summed E-state index contributed by atoms with van der Waals surface area (Å²) in [5, 5.41) is 2.84. The van der Waals surface area contributed by atoms with Crippen molar-refractivity contribution in [1.29, 1.82) is 0 Å². The summed E-state index contributed by atoms with van der Waals surface area (Å²) < 4.78 is 7.17. The summed E-state index contributed by atoms with van der Waals surface area (Å²) in [6.07, 6.45) is 5.50. The first-order valence-corrected chi connectivity index (χ1v) is 11.0. The lowest BCUT2D eigenvalue weighted by Gasteiger charge is -2.34. The number of piperazine rings is 1. The van der Waals surface area contributed by atoms with E-state index in [9.17, 15) is 9.59 Å². The van der Waals surface area contributed by atoms with Crippen molar-refractivity contribution >= 4 is 23.1 Å². The van der Waals surface area contributed by atoms with Crippen LogP contribution in [0.15, 0.2) is 71.6 Å². The second-order valence-corrected chi connectivity index (χ2v) is 8.23. The van der Waals surface area contributed by atoms with Crippen LogP contribution in [-0.4, -0.2) is 57.2 Å². The number of hydrogen-bond acceptors (Lipinski definition) is 5. The van der Waals surface area contributed by atoms with Gasteiger partial charge in [0.15, 0.2) is 5.76 Å². The monoisotopic (exact) mass is 443 g/mol. The Kier molecular flexibility index (Phi) is 5.66. The van der Waals surface area contributed by atoms with Crippen molar-refractivity contribution in [3.05, 3.63) is 89.8 Å². The van der Waals surface area contributed by atoms with Gasteiger partial charge in [0.25, 0.3) is 11.8 Å². The maximum absolute atomic E-state index is 13.1. The van der Waals surface area contributed by atoms with Crippen molar-refractivity contribution in [1.82, 2.24) is 19.2 Å². The van der Waals surface area contributed by atoms with E-state index in [1.165, 1.54) is 6.26 Å². The Bertz CT molecular complexity index is 1250. The summed E-state index contributed by atoms with van der Waals surface area (Å²) in [4.78, 5) is 34.3. The smallest absolute Gasteiger partial charge is 0.291 e. The van der Waals surface area contributed by atoms with Crippen molar-refractivity contribution in [3.63, 3.8) is 0 Å². The Morgan fingerprint density at radius 1 is 1.06 bits per heavy atom. The molecule has 0 aliphatic carbocycles. The number of rotatable bonds is 5. The maximum atomic E-state index is 13.1. The van der Waals surface area contributed by atoms with Crippen molar-refractivity contribution in [2.24, 2.45) is 0 Å². The quantitative estimate of drug-likeness (QED) is 0.511. The van der Waals surface area contributed by atoms with E-state index >= 15 is 0 Å². The molecule has 168 valence electrons. The molecular formula is C25H25N5O3. The summed E-state index contributed by atoms with van der Waals surface area (Å²) >= 11 is 0. The molecule has 8 heteroatoms. The van der Waals surface area contributed by atoms with E-state index in [1.807, 2.05) is 52.8 Å². The number of nitrogens with one attached hydrogen (secondary N) is 1. The minimum Gasteiger partial charge on any atom is -0.459 e. The summed E-state index contributed by atoms with van der Waals surface area (Å²) in [6, 6.07) is 14.6. The van der Waals surface area contributed by atoms with Gasteiger partial charge in [0, 0.05) is 56.4 Å². The number of pyridine rings is 1. The molecular weight excluding hydrogens is 418 g/mol. The largest absolute Gasteiger partial charge is 0.459 e. The minimum atomic E-state index is -0.340. The SMILES string of the molecule is Cc1ccc(C(=O)N2CCN(Cc3cn4ccccc4n3)CC2)cc1NC(=O)c1ccco1. The van der Waals surface area contributed by atoms with E-state index in [0.717, 1.165) is 36.5 Å². The van der Waals surface area contributed by atoms with E-state index in [1.54, 1.807) is 18.2 Å². The number of fused-ring (bicyclic) bond motifs is 1. The number of carbonyl (C=O) groups is 2. The Hall–Kier alpha value is -3.91. The van der Waals surface area contributed by atoms with Gasteiger partial charge in [-0.1, -0.05) is 12.1 Å². The van der Waals surface area contributed by atoms with Gasteiger partial charge < -0.3 is 19.0 Å². The van der Waals surface area contributed by atoms with Gasteiger partial charge in [-0.2, -0.15) is 0 Å². The molecule has 4 heterocycles. The highest BCUT2D eigenvalue weighted by atomic mass is 16.3. The second-order valence-electron chi connectivity index (χ2n) is 8.23. The first-order chi connectivity index (χ1) is 16.1. The number of carbonyl (C=O) groups excluding carboxylic acids is 2. The number of imidazole rings is 1. The molecule has 5 rings (SSSR count). The van der Waals surface area contributed by atoms with E-state index in [4.69, 9.17) is 4.42 Å². The molecule has 3 aromatic heterocycles. The summed E-state index contributed by atoms with van der Waals surface area (Å²) in [7, 11) is 0. The number of aromatic nitrogens is 2. The fraction of sp³-hybridized carbons (Fsp3) is 0.240. The number of aryl methyl sites for hydroxylation is 1. The van der Waals surface area contributed by atoms with Crippen LogP contribution in [0.25, 0.3) is 5.65 Å². The van der Waals surface area contributed by atoms with Gasteiger partial charge in [-0.25, -0.2) is 4.98 Å². The third-order valence-electron chi connectivity index (χ3n) is 5.94. The van der Waals surface area contributed by atoms with E-state index in [0.29, 0.717) is 24.3 Å². The zero-order valence-corrected chi connectivity index (χ0v) is 18.4. The zero-order valence-electron chi connectivity index (χ0n) is 18.4. The van der Waals surface area contributed by atoms with Gasteiger partial charge in [-0.15, -0.1) is 0 Å². The number of anilines is 1. The van der Waals surface area contributed by atoms with Crippen LogP contribution < -0.4 is 5.32 Å². The average molecular weight is 444 g/mol. The number of benzene rings is 1. The molecule has 0 spiro atoms. The van der Waals surface area contributed by atoms with Crippen LogP contribution >= 0.6 is 0 Å². The molecule has 1 aliphatic heterocycles. The molecule has 1 fully saturated rings. The van der Waals surface area contributed by atoms with Crippen LogP contribution in [0.2, 0.25) is 0 Å². The lowest BCUT2D eigenvalue weighted by atomic mass is 10.1. The number of furan rings is 1. The van der Waals surface area contributed by atoms with Gasteiger partial charge in [0.05, 0.1) is 12.0 Å². The third kappa shape index (κ3) is 4.51. The summed E-state index contributed by atoms with van der Waals surface area (Å²) in [6.45, 7) is 5.52. The topological polar surface area (TPSA) is 83.1 Å². The molecule has 0 atom stereocenters. The number of amides is 2. The summed E-state index contributed by atoms with van der Waals surface area (Å²) in [5.41, 5.74) is 4.01. The van der Waals surface area contributed by atoms with Crippen LogP contribution in [0.4, 0.5) is 5.69 Å². The maximum Gasteiger partial charge on any atom is 0.291 e. The molecule has 4 aromatic rings. The Balaban J connectivity index is 1.21. The standard InChI is InChI=1S/C25H25N5O3/c1-18-7-8-19(15-21(18)27-24(31)22-5-4-14-33-22)25(32)29-12-10-28(11-13-29)16-20-17-30-9-3-2-6-23(30)26-20/h2-9,14-15,17H,10-13,16H2,1H3,(H,27,31). The van der Waals surface area contributed by atoms with Gasteiger partial charge >= 0.3 is 0 Å². The van der Waals surface area contributed by atoms with E-state index in [2.05, 4.69) is 21.4 Å². The van der Waals surface area contributed by atoms with E-state index < -0.39 is 0 Å².